The van der Waals surface area contributed by atoms with Gasteiger partial charge in [0, 0.05) is 12.4 Å². The molecule has 23 heavy (non-hydrogen) atoms. The van der Waals surface area contributed by atoms with Gasteiger partial charge in [0.25, 0.3) is 0 Å². The van der Waals surface area contributed by atoms with Gasteiger partial charge in [0.2, 0.25) is 9.84 Å². The summed E-state index contributed by atoms with van der Waals surface area (Å²) in [6.07, 6.45) is 5.80. The molecule has 0 saturated carbocycles. The topological polar surface area (TPSA) is 90.6 Å². The van der Waals surface area contributed by atoms with Crippen molar-refractivity contribution in [3.63, 3.8) is 0 Å². The summed E-state index contributed by atoms with van der Waals surface area (Å²) in [6.45, 7) is 0. The molecule has 0 saturated heterocycles. The lowest BCUT2D eigenvalue weighted by Gasteiger charge is -2.07. The maximum absolute atomic E-state index is 12.5. The van der Waals surface area contributed by atoms with E-state index in [1.807, 2.05) is 0 Å². The summed E-state index contributed by atoms with van der Waals surface area (Å²) < 4.78 is 49.3. The van der Waals surface area contributed by atoms with Gasteiger partial charge in [-0.15, -0.1) is 0 Å². The van der Waals surface area contributed by atoms with Gasteiger partial charge in [-0.05, 0) is 24.3 Å². The number of alkyl halides is 2. The fourth-order valence-corrected chi connectivity index (χ4v) is 2.62. The number of aromatic nitrogens is 5. The van der Waals surface area contributed by atoms with E-state index < -0.39 is 20.5 Å². The SMILES string of the molecule is O=S(=O)(c1ccc(-n2ncnc2-c2cnccn2)cc1)C(F)F. The van der Waals surface area contributed by atoms with E-state index in [1.165, 1.54) is 41.7 Å². The minimum Gasteiger partial charge on any atom is -0.261 e. The Hall–Kier alpha value is -2.75. The highest BCUT2D eigenvalue weighted by atomic mass is 32.2. The molecule has 0 aliphatic rings. The predicted molar refractivity (Wildman–Crippen MR) is 75.6 cm³/mol. The summed E-state index contributed by atoms with van der Waals surface area (Å²) in [5.41, 5.74) is 0.922. The Labute approximate surface area is 129 Å². The van der Waals surface area contributed by atoms with Crippen LogP contribution in [-0.2, 0) is 9.84 Å². The van der Waals surface area contributed by atoms with Crippen molar-refractivity contribution < 1.29 is 17.2 Å². The molecule has 10 heteroatoms. The lowest BCUT2D eigenvalue weighted by molar-refractivity contribution is 0.234. The van der Waals surface area contributed by atoms with E-state index >= 15 is 0 Å². The Balaban J connectivity index is 2.01. The molecule has 0 bridgehead atoms. The number of nitrogens with zero attached hydrogens (tertiary/aromatic N) is 5. The van der Waals surface area contributed by atoms with Crippen molar-refractivity contribution in [1.82, 2.24) is 24.7 Å². The largest absolute Gasteiger partial charge is 0.341 e. The molecule has 0 unspecified atom stereocenters. The van der Waals surface area contributed by atoms with Crippen LogP contribution in [-0.4, -0.2) is 38.9 Å². The molecule has 0 fully saturated rings. The van der Waals surface area contributed by atoms with E-state index in [0.29, 0.717) is 17.2 Å². The number of hydrogen-bond donors (Lipinski definition) is 0. The van der Waals surface area contributed by atoms with Gasteiger partial charge in [0.15, 0.2) is 5.82 Å². The molecule has 2 aromatic heterocycles. The molecule has 3 rings (SSSR count). The zero-order chi connectivity index (χ0) is 16.4. The maximum Gasteiger partial charge on any atom is 0.341 e. The second-order valence-electron chi connectivity index (χ2n) is 4.39. The fraction of sp³-hybridized carbons (Fsp3) is 0.0769. The summed E-state index contributed by atoms with van der Waals surface area (Å²) in [5.74, 6) is -3.07. The van der Waals surface area contributed by atoms with Gasteiger partial charge in [-0.3, -0.25) is 4.98 Å². The standard InChI is InChI=1S/C13H9F2N5O2S/c14-13(15)23(21,22)10-3-1-9(2-4-10)20-12(18-8-19-20)11-7-16-5-6-17-11/h1-8,13H. The van der Waals surface area contributed by atoms with E-state index in [9.17, 15) is 17.2 Å². The summed E-state index contributed by atoms with van der Waals surface area (Å²) in [4.78, 5) is 11.7. The predicted octanol–water partition coefficient (Wildman–Crippen LogP) is 1.72. The summed E-state index contributed by atoms with van der Waals surface area (Å²) in [5, 5.41) is 4.03. The van der Waals surface area contributed by atoms with Crippen molar-refractivity contribution in [2.75, 3.05) is 0 Å². The van der Waals surface area contributed by atoms with Crippen molar-refractivity contribution >= 4 is 9.84 Å². The third kappa shape index (κ3) is 2.80. The number of hydrogen-bond acceptors (Lipinski definition) is 6. The number of rotatable bonds is 4. The Bertz CT molecular complexity index is 911. The second kappa shape index (κ2) is 5.80. The van der Waals surface area contributed by atoms with E-state index in [1.54, 1.807) is 0 Å². The zero-order valence-corrected chi connectivity index (χ0v) is 12.2. The molecule has 118 valence electrons. The molecule has 1 aromatic carbocycles. The Morgan fingerprint density at radius 1 is 1.04 bits per heavy atom. The minimum absolute atomic E-state index is 0.391. The summed E-state index contributed by atoms with van der Waals surface area (Å²) in [6, 6.07) is 4.92. The van der Waals surface area contributed by atoms with Gasteiger partial charge in [-0.2, -0.15) is 13.9 Å². The fourth-order valence-electron chi connectivity index (χ4n) is 1.90. The van der Waals surface area contributed by atoms with Crippen LogP contribution in [0.1, 0.15) is 0 Å². The highest BCUT2D eigenvalue weighted by molar-refractivity contribution is 7.91. The molecule has 0 aliphatic heterocycles. The minimum atomic E-state index is -4.63. The van der Waals surface area contributed by atoms with E-state index in [-0.39, 0.29) is 0 Å². The monoisotopic (exact) mass is 337 g/mol. The van der Waals surface area contributed by atoms with Crippen LogP contribution in [0.5, 0.6) is 0 Å². The van der Waals surface area contributed by atoms with E-state index in [4.69, 9.17) is 0 Å². The smallest absolute Gasteiger partial charge is 0.261 e. The third-order valence-electron chi connectivity index (χ3n) is 2.98. The van der Waals surface area contributed by atoms with Gasteiger partial charge < -0.3 is 0 Å². The highest BCUT2D eigenvalue weighted by Crippen LogP contribution is 2.22. The van der Waals surface area contributed by atoms with Crippen LogP contribution in [0, 0.1) is 0 Å². The molecule has 2 heterocycles. The van der Waals surface area contributed by atoms with Crippen LogP contribution in [0.4, 0.5) is 8.78 Å². The number of halogens is 2. The average molecular weight is 337 g/mol. The highest BCUT2D eigenvalue weighted by Gasteiger charge is 2.26. The molecule has 0 radical (unpaired) electrons. The first-order valence-electron chi connectivity index (χ1n) is 6.29. The molecule has 3 aromatic rings. The molecular formula is C13H9F2N5O2S. The van der Waals surface area contributed by atoms with Crippen LogP contribution >= 0.6 is 0 Å². The van der Waals surface area contributed by atoms with Crippen molar-refractivity contribution in [2.24, 2.45) is 0 Å². The van der Waals surface area contributed by atoms with E-state index in [2.05, 4.69) is 20.1 Å². The average Bonchev–Trinajstić information content (AvgIpc) is 3.05. The number of sulfone groups is 1. The van der Waals surface area contributed by atoms with Gasteiger partial charge in [0.1, 0.15) is 12.0 Å². The molecule has 0 spiro atoms. The van der Waals surface area contributed by atoms with Crippen LogP contribution in [0.25, 0.3) is 17.2 Å². The van der Waals surface area contributed by atoms with Crippen LogP contribution in [0.2, 0.25) is 0 Å². The van der Waals surface area contributed by atoms with Gasteiger partial charge >= 0.3 is 5.76 Å². The lowest BCUT2D eigenvalue weighted by atomic mass is 10.3. The Kier molecular flexibility index (Phi) is 3.82. The maximum atomic E-state index is 12.5. The summed E-state index contributed by atoms with van der Waals surface area (Å²) in [7, 11) is -4.63. The first kappa shape index (κ1) is 15.2. The van der Waals surface area contributed by atoms with Crippen molar-refractivity contribution in [2.45, 2.75) is 10.7 Å². The third-order valence-corrected chi connectivity index (χ3v) is 4.38. The van der Waals surface area contributed by atoms with Gasteiger partial charge in [-0.1, -0.05) is 0 Å². The normalized spacial score (nSPS) is 11.8. The molecule has 0 amide bonds. The quantitative estimate of drug-likeness (QED) is 0.720. The second-order valence-corrected chi connectivity index (χ2v) is 6.30. The van der Waals surface area contributed by atoms with Crippen molar-refractivity contribution in [3.05, 3.63) is 49.2 Å². The molecule has 7 nitrogen and oxygen atoms in total. The first-order chi connectivity index (χ1) is 11.0. The van der Waals surface area contributed by atoms with Gasteiger partial charge in [0.05, 0.1) is 16.8 Å². The van der Waals surface area contributed by atoms with Crippen LogP contribution in [0.3, 0.4) is 0 Å². The number of benzene rings is 1. The Morgan fingerprint density at radius 2 is 1.78 bits per heavy atom. The van der Waals surface area contributed by atoms with Crippen LogP contribution < -0.4 is 0 Å². The molecular weight excluding hydrogens is 328 g/mol. The summed E-state index contributed by atoms with van der Waals surface area (Å²) >= 11 is 0. The lowest BCUT2D eigenvalue weighted by Crippen LogP contribution is -2.11. The van der Waals surface area contributed by atoms with E-state index in [0.717, 1.165) is 12.1 Å². The van der Waals surface area contributed by atoms with Crippen molar-refractivity contribution in [1.29, 1.82) is 0 Å². The molecule has 0 atom stereocenters. The van der Waals surface area contributed by atoms with Gasteiger partial charge in [-0.25, -0.2) is 23.1 Å². The molecule has 0 aliphatic carbocycles. The Morgan fingerprint density at radius 3 is 2.39 bits per heavy atom. The van der Waals surface area contributed by atoms with Crippen LogP contribution in [0.15, 0.2) is 54.1 Å². The zero-order valence-electron chi connectivity index (χ0n) is 11.4. The molecule has 0 N–H and O–H groups in total. The van der Waals surface area contributed by atoms with Crippen molar-refractivity contribution in [3.8, 4) is 17.2 Å². The first-order valence-corrected chi connectivity index (χ1v) is 7.83.